The fraction of sp³-hybridized carbons (Fsp3) is 0.133. The number of hydrogen-bond donors (Lipinski definition) is 2. The molecule has 20 heavy (non-hydrogen) atoms. The van der Waals surface area contributed by atoms with Crippen molar-refractivity contribution in [3.8, 4) is 0 Å². The molecule has 0 bridgehead atoms. The average Bonchev–Trinajstić information content (AvgIpc) is 2.44. The second-order valence-electron chi connectivity index (χ2n) is 4.33. The third-order valence-corrected chi connectivity index (χ3v) is 3.60. The topological polar surface area (TPSA) is 55.1 Å². The van der Waals surface area contributed by atoms with Gasteiger partial charge in [0.25, 0.3) is 5.91 Å². The molecule has 0 fully saturated rings. The van der Waals surface area contributed by atoms with Crippen molar-refractivity contribution < 1.29 is 9.18 Å². The number of anilines is 1. The summed E-state index contributed by atoms with van der Waals surface area (Å²) in [7, 11) is 0. The Hall–Kier alpha value is -1.88. The second-order valence-corrected chi connectivity index (χ2v) is 5.19. The van der Waals surface area contributed by atoms with E-state index in [9.17, 15) is 9.18 Å². The summed E-state index contributed by atoms with van der Waals surface area (Å²) in [6.07, 6.45) is 0.639. The Morgan fingerprint density at radius 1 is 1.20 bits per heavy atom. The first-order valence-corrected chi connectivity index (χ1v) is 6.94. The first-order valence-electron chi connectivity index (χ1n) is 6.14. The van der Waals surface area contributed by atoms with Gasteiger partial charge < -0.3 is 11.1 Å². The molecule has 0 radical (unpaired) electrons. The van der Waals surface area contributed by atoms with E-state index in [2.05, 4.69) is 21.2 Å². The van der Waals surface area contributed by atoms with Crippen molar-refractivity contribution >= 4 is 27.5 Å². The SMILES string of the molecule is Nc1c(Br)cccc1C(=O)NCCc1ccc(F)cc1. The summed E-state index contributed by atoms with van der Waals surface area (Å²) in [6.45, 7) is 0.469. The van der Waals surface area contributed by atoms with Gasteiger partial charge in [0.1, 0.15) is 5.82 Å². The van der Waals surface area contributed by atoms with E-state index in [1.165, 1.54) is 12.1 Å². The summed E-state index contributed by atoms with van der Waals surface area (Å²) in [6, 6.07) is 11.4. The third kappa shape index (κ3) is 3.57. The van der Waals surface area contributed by atoms with Crippen molar-refractivity contribution in [3.05, 3.63) is 63.9 Å². The number of para-hydroxylation sites is 1. The minimum atomic E-state index is -0.264. The molecule has 3 N–H and O–H groups in total. The lowest BCUT2D eigenvalue weighted by atomic mass is 10.1. The molecule has 0 aliphatic rings. The van der Waals surface area contributed by atoms with Gasteiger partial charge in [-0.25, -0.2) is 4.39 Å². The molecule has 0 aliphatic heterocycles. The normalized spacial score (nSPS) is 10.3. The lowest BCUT2D eigenvalue weighted by Crippen LogP contribution is -2.26. The maximum Gasteiger partial charge on any atom is 0.253 e. The van der Waals surface area contributed by atoms with Crippen molar-refractivity contribution in [2.24, 2.45) is 0 Å². The molecule has 2 aromatic carbocycles. The number of rotatable bonds is 4. The molecule has 0 heterocycles. The van der Waals surface area contributed by atoms with Crippen molar-refractivity contribution in [3.63, 3.8) is 0 Å². The Balaban J connectivity index is 1.92. The van der Waals surface area contributed by atoms with Crippen LogP contribution in [0, 0.1) is 5.82 Å². The van der Waals surface area contributed by atoms with E-state index in [4.69, 9.17) is 5.73 Å². The molecule has 0 atom stereocenters. The first-order chi connectivity index (χ1) is 9.58. The van der Waals surface area contributed by atoms with E-state index in [-0.39, 0.29) is 11.7 Å². The molecule has 0 saturated carbocycles. The zero-order chi connectivity index (χ0) is 14.5. The van der Waals surface area contributed by atoms with E-state index < -0.39 is 0 Å². The summed E-state index contributed by atoms with van der Waals surface area (Å²) >= 11 is 3.29. The highest BCUT2D eigenvalue weighted by atomic mass is 79.9. The molecule has 0 aromatic heterocycles. The third-order valence-electron chi connectivity index (χ3n) is 2.91. The van der Waals surface area contributed by atoms with Crippen LogP contribution < -0.4 is 11.1 Å². The van der Waals surface area contributed by atoms with Crippen molar-refractivity contribution in [2.75, 3.05) is 12.3 Å². The summed E-state index contributed by atoms with van der Waals surface area (Å²) in [4.78, 5) is 12.0. The van der Waals surface area contributed by atoms with Gasteiger partial charge in [-0.2, -0.15) is 0 Å². The van der Waals surface area contributed by atoms with Crippen LogP contribution >= 0.6 is 15.9 Å². The lowest BCUT2D eigenvalue weighted by Gasteiger charge is -2.08. The molecule has 2 rings (SSSR count). The minimum absolute atomic E-state index is 0.217. The van der Waals surface area contributed by atoms with Gasteiger partial charge in [-0.3, -0.25) is 4.79 Å². The Morgan fingerprint density at radius 3 is 2.60 bits per heavy atom. The largest absolute Gasteiger partial charge is 0.397 e. The number of carbonyl (C=O) groups excluding carboxylic acids is 1. The molecule has 104 valence electrons. The second kappa shape index (κ2) is 6.52. The Morgan fingerprint density at radius 2 is 1.90 bits per heavy atom. The van der Waals surface area contributed by atoms with Gasteiger partial charge in [0.2, 0.25) is 0 Å². The molecule has 0 unspecified atom stereocenters. The predicted molar refractivity (Wildman–Crippen MR) is 81.0 cm³/mol. The molecule has 3 nitrogen and oxygen atoms in total. The van der Waals surface area contributed by atoms with Crippen LogP contribution in [0.2, 0.25) is 0 Å². The zero-order valence-electron chi connectivity index (χ0n) is 10.7. The number of halogens is 2. The molecule has 2 aromatic rings. The summed E-state index contributed by atoms with van der Waals surface area (Å²) in [5, 5.41) is 2.80. The van der Waals surface area contributed by atoms with E-state index in [1.54, 1.807) is 30.3 Å². The average molecular weight is 337 g/mol. The fourth-order valence-corrected chi connectivity index (χ4v) is 2.17. The quantitative estimate of drug-likeness (QED) is 0.842. The number of amides is 1. The molecule has 0 aliphatic carbocycles. The molecular weight excluding hydrogens is 323 g/mol. The van der Waals surface area contributed by atoms with Crippen LogP contribution in [0.15, 0.2) is 46.9 Å². The van der Waals surface area contributed by atoms with Crippen LogP contribution in [0.5, 0.6) is 0 Å². The van der Waals surface area contributed by atoms with Gasteiger partial charge in [-0.1, -0.05) is 18.2 Å². The van der Waals surface area contributed by atoms with Gasteiger partial charge in [0, 0.05) is 11.0 Å². The molecule has 0 spiro atoms. The maximum absolute atomic E-state index is 12.8. The smallest absolute Gasteiger partial charge is 0.253 e. The Bertz CT molecular complexity index is 614. The Labute approximate surface area is 125 Å². The monoisotopic (exact) mass is 336 g/mol. The number of nitrogens with two attached hydrogens (primary N) is 1. The van der Waals surface area contributed by atoms with Crippen LogP contribution in [0.25, 0.3) is 0 Å². The molecule has 1 amide bonds. The van der Waals surface area contributed by atoms with Gasteiger partial charge in [0.05, 0.1) is 11.3 Å². The number of nitrogen functional groups attached to an aromatic ring is 1. The lowest BCUT2D eigenvalue weighted by molar-refractivity contribution is 0.0955. The van der Waals surface area contributed by atoms with Gasteiger partial charge >= 0.3 is 0 Å². The van der Waals surface area contributed by atoms with Crippen molar-refractivity contribution in [1.29, 1.82) is 0 Å². The van der Waals surface area contributed by atoms with Crippen LogP contribution in [0.1, 0.15) is 15.9 Å². The molecule has 5 heteroatoms. The van der Waals surface area contributed by atoms with E-state index in [1.807, 2.05) is 0 Å². The van der Waals surface area contributed by atoms with Crippen LogP contribution in [0.4, 0.5) is 10.1 Å². The van der Waals surface area contributed by atoms with Crippen LogP contribution in [0.3, 0.4) is 0 Å². The van der Waals surface area contributed by atoms with E-state index in [0.29, 0.717) is 28.7 Å². The van der Waals surface area contributed by atoms with Crippen molar-refractivity contribution in [1.82, 2.24) is 5.32 Å². The van der Waals surface area contributed by atoms with Gasteiger partial charge in [0.15, 0.2) is 0 Å². The van der Waals surface area contributed by atoms with Gasteiger partial charge in [-0.05, 0) is 52.2 Å². The standard InChI is InChI=1S/C15H14BrFN2O/c16-13-3-1-2-12(14(13)18)15(20)19-9-8-10-4-6-11(17)7-5-10/h1-7H,8-9,18H2,(H,19,20). The minimum Gasteiger partial charge on any atom is -0.397 e. The Kier molecular flexibility index (Phi) is 4.74. The number of hydrogen-bond acceptors (Lipinski definition) is 2. The molecular formula is C15H14BrFN2O. The van der Waals surface area contributed by atoms with Crippen LogP contribution in [-0.2, 0) is 6.42 Å². The highest BCUT2D eigenvalue weighted by Crippen LogP contribution is 2.22. The highest BCUT2D eigenvalue weighted by molar-refractivity contribution is 9.10. The highest BCUT2D eigenvalue weighted by Gasteiger charge is 2.10. The fourth-order valence-electron chi connectivity index (χ4n) is 1.80. The maximum atomic E-state index is 12.8. The first kappa shape index (κ1) is 14.5. The van der Waals surface area contributed by atoms with E-state index in [0.717, 1.165) is 5.56 Å². The summed E-state index contributed by atoms with van der Waals surface area (Å²) in [5.74, 6) is -0.481. The number of nitrogens with one attached hydrogen (secondary N) is 1. The zero-order valence-corrected chi connectivity index (χ0v) is 12.3. The number of carbonyl (C=O) groups is 1. The van der Waals surface area contributed by atoms with Crippen molar-refractivity contribution in [2.45, 2.75) is 6.42 Å². The van der Waals surface area contributed by atoms with Crippen LogP contribution in [-0.4, -0.2) is 12.5 Å². The van der Waals surface area contributed by atoms with E-state index >= 15 is 0 Å². The predicted octanol–water partition coefficient (Wildman–Crippen LogP) is 3.14. The summed E-state index contributed by atoms with van der Waals surface area (Å²) < 4.78 is 13.5. The summed E-state index contributed by atoms with van der Waals surface area (Å²) in [5.41, 5.74) is 7.67. The molecule has 0 saturated heterocycles. The number of benzene rings is 2. The van der Waals surface area contributed by atoms with Gasteiger partial charge in [-0.15, -0.1) is 0 Å².